The molecule has 0 aliphatic heterocycles. The number of nitrogens with one attached hydrogen (secondary N) is 1. The number of carbonyl (C=O) groups is 1. The molecular weight excluding hydrogens is 455 g/mol. The number of amides is 1. The Bertz CT molecular complexity index is 1140. The third kappa shape index (κ3) is 3.78. The molecule has 0 bridgehead atoms. The van der Waals surface area contributed by atoms with Crippen LogP contribution >= 0.6 is 0 Å². The fourth-order valence-corrected chi connectivity index (χ4v) is 6.67. The molecule has 0 radical (unpaired) electrons. The van der Waals surface area contributed by atoms with E-state index in [0.29, 0.717) is 18.5 Å². The van der Waals surface area contributed by atoms with Gasteiger partial charge in [0, 0.05) is 0 Å². The molecule has 1 amide bonds. The monoisotopic (exact) mass is 480 g/mol. The van der Waals surface area contributed by atoms with Crippen LogP contribution in [0, 0.1) is 0 Å². The second-order valence-corrected chi connectivity index (χ2v) is 22.6. The number of fused-ring (bicyclic) bond motifs is 3. The van der Waals surface area contributed by atoms with Crippen molar-refractivity contribution >= 4 is 49.8 Å². The zero-order valence-corrected chi connectivity index (χ0v) is 19.3. The molecule has 28 heavy (non-hydrogen) atoms. The van der Waals surface area contributed by atoms with Crippen molar-refractivity contribution < 1.29 is 9.21 Å². The standard InChI is InChI=1S/C20H15N2O2.3CH3.Sn/c23-20(22-13-11-14-6-3-4-12-21-14)16-8-5-10-18-19(16)15-7-1-2-9-17(15)24-18;;;;/h1-4,6-10,12H,11,13H2,(H,22,23);3*1H3;. The molecule has 2 aromatic carbocycles. The van der Waals surface area contributed by atoms with E-state index in [2.05, 4.69) is 37.3 Å². The number of para-hydroxylation sites is 1. The van der Waals surface area contributed by atoms with E-state index in [4.69, 9.17) is 4.42 Å². The Hall–Kier alpha value is -2.34. The Morgan fingerprint density at radius 2 is 1.82 bits per heavy atom. The summed E-state index contributed by atoms with van der Waals surface area (Å²) in [5.74, 6) is -0.0510. The fourth-order valence-electron chi connectivity index (χ4n) is 3.41. The number of nitrogens with zero attached hydrogens (tertiary/aromatic N) is 1. The second-order valence-electron chi connectivity index (χ2n) is 8.07. The number of benzene rings is 2. The molecule has 0 fully saturated rings. The number of carbonyl (C=O) groups excluding carboxylic acids is 1. The number of furan rings is 1. The van der Waals surface area contributed by atoms with Crippen molar-refractivity contribution in [3.05, 3.63) is 72.1 Å². The SMILES string of the molecule is [CH3][Sn]([CH3])([CH3])[c]1cc(C(=O)NCCc2ccccn2)c2c(c1)oc1ccccc12. The first-order valence-electron chi connectivity index (χ1n) is 9.57. The molecule has 0 unspecified atom stereocenters. The third-order valence-electron chi connectivity index (χ3n) is 4.98. The van der Waals surface area contributed by atoms with Gasteiger partial charge in [-0.1, -0.05) is 0 Å². The summed E-state index contributed by atoms with van der Waals surface area (Å²) in [4.78, 5) is 24.5. The number of hydrogen-bond donors (Lipinski definition) is 1. The van der Waals surface area contributed by atoms with Gasteiger partial charge < -0.3 is 0 Å². The first kappa shape index (κ1) is 19.0. The normalized spacial score (nSPS) is 11.8. The van der Waals surface area contributed by atoms with Gasteiger partial charge in [0.1, 0.15) is 0 Å². The van der Waals surface area contributed by atoms with Gasteiger partial charge in [0.15, 0.2) is 0 Å². The predicted molar refractivity (Wildman–Crippen MR) is 117 cm³/mol. The van der Waals surface area contributed by atoms with Crippen molar-refractivity contribution in [1.29, 1.82) is 0 Å². The summed E-state index contributed by atoms with van der Waals surface area (Å²) in [5.41, 5.74) is 3.31. The van der Waals surface area contributed by atoms with E-state index in [1.54, 1.807) is 6.20 Å². The van der Waals surface area contributed by atoms with Crippen LogP contribution in [0.4, 0.5) is 0 Å². The quantitative estimate of drug-likeness (QED) is 0.429. The van der Waals surface area contributed by atoms with Crippen molar-refractivity contribution in [3.63, 3.8) is 0 Å². The summed E-state index contributed by atoms with van der Waals surface area (Å²) in [6, 6.07) is 18.0. The van der Waals surface area contributed by atoms with Gasteiger partial charge in [0.25, 0.3) is 0 Å². The molecule has 142 valence electrons. The Balaban J connectivity index is 1.72. The summed E-state index contributed by atoms with van der Waals surface area (Å²) in [6.45, 7) is 0.552. The van der Waals surface area contributed by atoms with E-state index in [1.807, 2.05) is 42.5 Å². The van der Waals surface area contributed by atoms with Gasteiger partial charge in [0.05, 0.1) is 0 Å². The summed E-state index contributed by atoms with van der Waals surface area (Å²) in [7, 11) is 0. The number of pyridine rings is 1. The number of hydrogen-bond acceptors (Lipinski definition) is 3. The van der Waals surface area contributed by atoms with Gasteiger partial charge >= 0.3 is 169 Å². The second kappa shape index (κ2) is 7.58. The molecule has 0 saturated heterocycles. The van der Waals surface area contributed by atoms with Crippen molar-refractivity contribution in [1.82, 2.24) is 10.3 Å². The van der Waals surface area contributed by atoms with Gasteiger partial charge in [-0.05, 0) is 0 Å². The third-order valence-corrected chi connectivity index (χ3v) is 10.7. The molecule has 1 N–H and O–H groups in total. The molecule has 0 aliphatic carbocycles. The van der Waals surface area contributed by atoms with E-state index in [9.17, 15) is 4.79 Å². The van der Waals surface area contributed by atoms with Crippen molar-refractivity contribution in [2.24, 2.45) is 0 Å². The van der Waals surface area contributed by atoms with E-state index in [-0.39, 0.29) is 5.91 Å². The molecule has 0 aliphatic rings. The van der Waals surface area contributed by atoms with Crippen LogP contribution in [0.15, 0.2) is 65.2 Å². The van der Waals surface area contributed by atoms with Gasteiger partial charge in [0.2, 0.25) is 0 Å². The Kier molecular flexibility index (Phi) is 5.15. The van der Waals surface area contributed by atoms with E-state index >= 15 is 0 Å². The number of rotatable bonds is 5. The summed E-state index contributed by atoms with van der Waals surface area (Å²) in [6.07, 6.45) is 2.48. The van der Waals surface area contributed by atoms with Crippen molar-refractivity contribution in [2.75, 3.05) is 6.54 Å². The van der Waals surface area contributed by atoms with Gasteiger partial charge in [-0.3, -0.25) is 0 Å². The molecule has 2 aromatic heterocycles. The maximum absolute atomic E-state index is 13.1. The van der Waals surface area contributed by atoms with Crippen LogP contribution in [0.25, 0.3) is 21.9 Å². The minimum absolute atomic E-state index is 0.0510. The molecule has 4 aromatic rings. The van der Waals surface area contributed by atoms with Crippen LogP contribution in [0.5, 0.6) is 0 Å². The fraction of sp³-hybridized carbons (Fsp3) is 0.217. The Morgan fingerprint density at radius 1 is 1.04 bits per heavy atom. The molecule has 0 atom stereocenters. The van der Waals surface area contributed by atoms with Crippen LogP contribution in [-0.2, 0) is 6.42 Å². The van der Waals surface area contributed by atoms with E-state index in [0.717, 1.165) is 27.6 Å². The van der Waals surface area contributed by atoms with Gasteiger partial charge in [-0.2, -0.15) is 0 Å². The van der Waals surface area contributed by atoms with Crippen LogP contribution in [0.3, 0.4) is 0 Å². The molecular formula is C23H24N2O2Sn. The summed E-state index contributed by atoms with van der Waals surface area (Å²) in [5, 5.41) is 4.97. The van der Waals surface area contributed by atoms with E-state index < -0.39 is 18.4 Å². The van der Waals surface area contributed by atoms with Crippen LogP contribution in [-0.4, -0.2) is 35.8 Å². The maximum atomic E-state index is 13.1. The van der Waals surface area contributed by atoms with Crippen molar-refractivity contribution in [3.8, 4) is 0 Å². The summed E-state index contributed by atoms with van der Waals surface area (Å²) < 4.78 is 7.38. The van der Waals surface area contributed by atoms with Crippen LogP contribution in [0.1, 0.15) is 16.1 Å². The Morgan fingerprint density at radius 3 is 2.57 bits per heavy atom. The topological polar surface area (TPSA) is 55.1 Å². The van der Waals surface area contributed by atoms with Crippen LogP contribution in [0.2, 0.25) is 14.8 Å². The zero-order valence-electron chi connectivity index (χ0n) is 16.5. The molecule has 4 rings (SSSR count). The molecule has 4 nitrogen and oxygen atoms in total. The molecule has 0 spiro atoms. The zero-order chi connectivity index (χ0) is 19.7. The first-order valence-corrected chi connectivity index (χ1v) is 19.6. The van der Waals surface area contributed by atoms with Gasteiger partial charge in [-0.25, -0.2) is 0 Å². The van der Waals surface area contributed by atoms with Crippen molar-refractivity contribution in [2.45, 2.75) is 21.2 Å². The first-order chi connectivity index (χ1) is 13.4. The minimum atomic E-state index is -2.39. The molecule has 5 heteroatoms. The number of aromatic nitrogens is 1. The molecule has 2 heterocycles. The average molecular weight is 479 g/mol. The predicted octanol–water partition coefficient (Wildman–Crippen LogP) is 4.50. The van der Waals surface area contributed by atoms with Gasteiger partial charge in [-0.15, -0.1) is 0 Å². The Labute approximate surface area is 168 Å². The average Bonchev–Trinajstić information content (AvgIpc) is 3.06. The van der Waals surface area contributed by atoms with Crippen LogP contribution < -0.4 is 8.90 Å². The molecule has 0 saturated carbocycles. The summed E-state index contributed by atoms with van der Waals surface area (Å²) >= 11 is -2.39. The van der Waals surface area contributed by atoms with E-state index in [1.165, 1.54) is 3.58 Å².